The third-order valence-corrected chi connectivity index (χ3v) is 3.27. The molecule has 0 saturated carbocycles. The van der Waals surface area contributed by atoms with Crippen LogP contribution in [-0.2, 0) is 6.54 Å². The van der Waals surface area contributed by atoms with Crippen LogP contribution in [0.5, 0.6) is 0 Å². The fourth-order valence-corrected chi connectivity index (χ4v) is 2.31. The Morgan fingerprint density at radius 3 is 2.53 bits per heavy atom. The molecule has 2 aromatic carbocycles. The fraction of sp³-hybridized carbons (Fsp3) is 0.133. The van der Waals surface area contributed by atoms with E-state index < -0.39 is 0 Å². The van der Waals surface area contributed by atoms with Gasteiger partial charge in [-0.1, -0.05) is 35.3 Å². The van der Waals surface area contributed by atoms with E-state index in [2.05, 4.69) is 6.07 Å². The van der Waals surface area contributed by atoms with Crippen LogP contribution in [0.4, 0.5) is 5.69 Å². The van der Waals surface area contributed by atoms with Gasteiger partial charge in [0.1, 0.15) is 6.07 Å². The first-order valence-corrected chi connectivity index (χ1v) is 6.51. The molecule has 19 heavy (non-hydrogen) atoms. The maximum absolute atomic E-state index is 9.15. The number of rotatable bonds is 3. The Morgan fingerprint density at radius 1 is 1.11 bits per heavy atom. The molecule has 0 spiro atoms. The maximum Gasteiger partial charge on any atom is 0.101 e. The normalized spacial score (nSPS) is 10.0. The lowest BCUT2D eigenvalue weighted by molar-refractivity contribution is 0.921. The molecule has 0 aliphatic carbocycles. The molecule has 0 bridgehead atoms. The summed E-state index contributed by atoms with van der Waals surface area (Å²) in [6, 6.07) is 15.1. The molecule has 0 N–H and O–H groups in total. The van der Waals surface area contributed by atoms with Crippen molar-refractivity contribution in [3.63, 3.8) is 0 Å². The van der Waals surface area contributed by atoms with E-state index in [1.54, 1.807) is 12.1 Å². The van der Waals surface area contributed by atoms with Crippen molar-refractivity contribution in [2.24, 2.45) is 0 Å². The van der Waals surface area contributed by atoms with E-state index in [0.29, 0.717) is 22.2 Å². The number of halogens is 2. The highest BCUT2D eigenvalue weighted by atomic mass is 35.5. The van der Waals surface area contributed by atoms with E-state index in [4.69, 9.17) is 28.5 Å². The summed E-state index contributed by atoms with van der Waals surface area (Å²) in [6.45, 7) is 0.677. The van der Waals surface area contributed by atoms with E-state index in [0.717, 1.165) is 11.3 Å². The zero-order valence-electron chi connectivity index (χ0n) is 10.4. The van der Waals surface area contributed by atoms with Gasteiger partial charge >= 0.3 is 0 Å². The largest absolute Gasteiger partial charge is 0.369 e. The molecule has 0 saturated heterocycles. The van der Waals surface area contributed by atoms with Crippen molar-refractivity contribution in [2.45, 2.75) is 6.54 Å². The molecule has 4 heteroatoms. The van der Waals surface area contributed by atoms with Gasteiger partial charge in [-0.15, -0.1) is 0 Å². The fourth-order valence-electron chi connectivity index (χ4n) is 1.93. The average Bonchev–Trinajstić information content (AvgIpc) is 2.38. The van der Waals surface area contributed by atoms with Crippen molar-refractivity contribution < 1.29 is 0 Å². The van der Waals surface area contributed by atoms with E-state index in [-0.39, 0.29) is 0 Å². The molecule has 2 nitrogen and oxygen atoms in total. The van der Waals surface area contributed by atoms with Crippen molar-refractivity contribution in [2.75, 3.05) is 11.9 Å². The predicted octanol–water partition coefficient (Wildman–Crippen LogP) is 4.50. The summed E-state index contributed by atoms with van der Waals surface area (Å²) in [5.74, 6) is 0. The van der Waals surface area contributed by atoms with E-state index in [1.807, 2.05) is 42.3 Å². The lowest BCUT2D eigenvalue weighted by Crippen LogP contribution is -2.17. The minimum atomic E-state index is 0.566. The highest BCUT2D eigenvalue weighted by Crippen LogP contribution is 2.24. The first-order chi connectivity index (χ1) is 9.10. The van der Waals surface area contributed by atoms with Gasteiger partial charge in [-0.3, -0.25) is 0 Å². The van der Waals surface area contributed by atoms with Crippen LogP contribution in [0.25, 0.3) is 0 Å². The lowest BCUT2D eigenvalue weighted by atomic mass is 10.1. The van der Waals surface area contributed by atoms with Crippen LogP contribution < -0.4 is 4.90 Å². The minimum absolute atomic E-state index is 0.566. The summed E-state index contributed by atoms with van der Waals surface area (Å²) < 4.78 is 0. The summed E-state index contributed by atoms with van der Waals surface area (Å²) in [4.78, 5) is 2.00. The van der Waals surface area contributed by atoms with Crippen molar-refractivity contribution in [3.05, 3.63) is 63.6 Å². The number of hydrogen-bond acceptors (Lipinski definition) is 2. The first-order valence-electron chi connectivity index (χ1n) is 5.75. The van der Waals surface area contributed by atoms with Gasteiger partial charge in [-0.25, -0.2) is 0 Å². The summed E-state index contributed by atoms with van der Waals surface area (Å²) in [5, 5.41) is 10.4. The molecule has 0 unspecified atom stereocenters. The first kappa shape index (κ1) is 13.7. The third-order valence-electron chi connectivity index (χ3n) is 2.80. The van der Waals surface area contributed by atoms with Crippen LogP contribution in [0.2, 0.25) is 10.0 Å². The molecule has 0 atom stereocenters. The Labute approximate surface area is 122 Å². The highest BCUT2D eigenvalue weighted by molar-refractivity contribution is 6.31. The van der Waals surface area contributed by atoms with Gasteiger partial charge in [-0.2, -0.15) is 5.26 Å². The van der Waals surface area contributed by atoms with Crippen LogP contribution in [0, 0.1) is 11.3 Å². The van der Waals surface area contributed by atoms with Gasteiger partial charge < -0.3 is 4.90 Å². The predicted molar refractivity (Wildman–Crippen MR) is 79.7 cm³/mol. The second-order valence-electron chi connectivity index (χ2n) is 4.26. The zero-order valence-corrected chi connectivity index (χ0v) is 11.9. The van der Waals surface area contributed by atoms with Crippen molar-refractivity contribution in [1.82, 2.24) is 0 Å². The summed E-state index contributed by atoms with van der Waals surface area (Å²) in [7, 11) is 1.94. The van der Waals surface area contributed by atoms with Crippen LogP contribution >= 0.6 is 23.2 Å². The number of hydrogen-bond donors (Lipinski definition) is 0. The molecular formula is C15H12Cl2N2. The highest BCUT2D eigenvalue weighted by Gasteiger charge is 2.08. The summed E-state index contributed by atoms with van der Waals surface area (Å²) >= 11 is 11.9. The van der Waals surface area contributed by atoms with Crippen molar-refractivity contribution in [1.29, 1.82) is 5.26 Å². The molecule has 0 aromatic heterocycles. The standard InChI is InChI=1S/C15H12Cl2N2/c1-19(10-11-3-2-4-13(16)7-11)15-6-5-14(17)8-12(15)9-18/h2-8H,10H2,1H3. The monoisotopic (exact) mass is 290 g/mol. The molecule has 0 aliphatic heterocycles. The Bertz CT molecular complexity index is 632. The molecule has 96 valence electrons. The van der Waals surface area contributed by atoms with Gasteiger partial charge in [0.15, 0.2) is 0 Å². The molecule has 2 rings (SSSR count). The molecule has 0 radical (unpaired) electrons. The zero-order chi connectivity index (χ0) is 13.8. The van der Waals surface area contributed by atoms with E-state index >= 15 is 0 Å². The number of nitriles is 1. The minimum Gasteiger partial charge on any atom is -0.369 e. The topological polar surface area (TPSA) is 27.0 Å². The maximum atomic E-state index is 9.15. The van der Waals surface area contributed by atoms with Gasteiger partial charge in [0.25, 0.3) is 0 Å². The Morgan fingerprint density at radius 2 is 1.84 bits per heavy atom. The van der Waals surface area contributed by atoms with Crippen molar-refractivity contribution >= 4 is 28.9 Å². The van der Waals surface area contributed by atoms with Crippen LogP contribution in [0.15, 0.2) is 42.5 Å². The second-order valence-corrected chi connectivity index (χ2v) is 5.13. The number of anilines is 1. The van der Waals surface area contributed by atoms with Gasteiger partial charge in [0, 0.05) is 23.6 Å². The van der Waals surface area contributed by atoms with Gasteiger partial charge in [0.2, 0.25) is 0 Å². The summed E-state index contributed by atoms with van der Waals surface area (Å²) in [5.41, 5.74) is 2.51. The molecule has 0 amide bonds. The SMILES string of the molecule is CN(Cc1cccc(Cl)c1)c1ccc(Cl)cc1C#N. The average molecular weight is 291 g/mol. The Kier molecular flexibility index (Phi) is 4.31. The van der Waals surface area contributed by atoms with Gasteiger partial charge in [0.05, 0.1) is 11.3 Å². The van der Waals surface area contributed by atoms with Crippen LogP contribution in [0.3, 0.4) is 0 Å². The van der Waals surface area contributed by atoms with Crippen LogP contribution in [0.1, 0.15) is 11.1 Å². The van der Waals surface area contributed by atoms with Gasteiger partial charge in [-0.05, 0) is 35.9 Å². The molecule has 0 heterocycles. The van der Waals surface area contributed by atoms with Crippen molar-refractivity contribution in [3.8, 4) is 6.07 Å². The third kappa shape index (κ3) is 3.41. The number of benzene rings is 2. The smallest absolute Gasteiger partial charge is 0.101 e. The Balaban J connectivity index is 2.25. The quantitative estimate of drug-likeness (QED) is 0.832. The summed E-state index contributed by atoms with van der Waals surface area (Å²) in [6.07, 6.45) is 0. The lowest BCUT2D eigenvalue weighted by Gasteiger charge is -2.20. The molecular weight excluding hydrogens is 279 g/mol. The second kappa shape index (κ2) is 5.97. The molecule has 0 aliphatic rings. The van der Waals surface area contributed by atoms with Crippen LogP contribution in [-0.4, -0.2) is 7.05 Å². The van der Waals surface area contributed by atoms with E-state index in [9.17, 15) is 0 Å². The Hall–Kier alpha value is -1.69. The number of nitrogens with zero attached hydrogens (tertiary/aromatic N) is 2. The molecule has 0 fully saturated rings. The molecule has 2 aromatic rings. The van der Waals surface area contributed by atoms with E-state index in [1.165, 1.54) is 0 Å².